The molecule has 2 aromatic heterocycles. The smallest absolute Gasteiger partial charge is 0.328 e. The molecule has 0 bridgehead atoms. The molecule has 1 unspecified atom stereocenters. The molecule has 4 aromatic rings. The van der Waals surface area contributed by atoms with Crippen LogP contribution in [0.3, 0.4) is 0 Å². The Morgan fingerprint density at radius 1 is 1.04 bits per heavy atom. The number of aromatic nitrogens is 3. The molecule has 0 spiro atoms. The molecule has 2 aromatic carbocycles. The summed E-state index contributed by atoms with van der Waals surface area (Å²) in [6.45, 7) is 4.86. The van der Waals surface area contributed by atoms with Crippen molar-refractivity contribution in [3.63, 3.8) is 0 Å². The number of hydrogen-bond donors (Lipinski definition) is 4. The molecule has 2 fully saturated rings. The van der Waals surface area contributed by atoms with Crippen LogP contribution in [0.2, 0.25) is 5.02 Å². The fraction of sp³-hybridized carbons (Fsp3) is 0.389. The van der Waals surface area contributed by atoms with Gasteiger partial charge in [-0.25, -0.2) is 18.7 Å². The van der Waals surface area contributed by atoms with Gasteiger partial charge in [-0.05, 0) is 68.1 Å². The number of hydrogen-bond acceptors (Lipinski definition) is 10. The molecular weight excluding hydrogens is 724 g/mol. The van der Waals surface area contributed by atoms with Gasteiger partial charge in [-0.1, -0.05) is 30.5 Å². The zero-order chi connectivity index (χ0) is 37.5. The number of fused-ring (bicyclic) bond motifs is 1. The summed E-state index contributed by atoms with van der Waals surface area (Å²) >= 11 is 6.25. The summed E-state index contributed by atoms with van der Waals surface area (Å²) in [5.41, 5.74) is 3.30. The summed E-state index contributed by atoms with van der Waals surface area (Å²) in [7, 11) is -1.49. The van der Waals surface area contributed by atoms with Crippen LogP contribution in [-0.2, 0) is 25.3 Å². The molecule has 1 aliphatic carbocycles. The van der Waals surface area contributed by atoms with E-state index in [9.17, 15) is 23.4 Å². The number of benzene rings is 2. The summed E-state index contributed by atoms with van der Waals surface area (Å²) < 4.78 is 28.7. The Balaban J connectivity index is 0.912. The molecule has 1 aliphatic heterocycles. The number of nitrogens with zero attached hydrogens (tertiary/aromatic N) is 4. The number of anilines is 3. The number of ether oxygens (including phenoxy) is 2. The summed E-state index contributed by atoms with van der Waals surface area (Å²) in [5.74, 6) is 0.0990. The van der Waals surface area contributed by atoms with E-state index >= 15 is 0 Å². The van der Waals surface area contributed by atoms with Crippen LogP contribution in [0.25, 0.3) is 11.0 Å². The van der Waals surface area contributed by atoms with E-state index in [0.29, 0.717) is 39.9 Å². The number of amides is 4. The van der Waals surface area contributed by atoms with E-state index in [-0.39, 0.29) is 67.8 Å². The third-order valence-electron chi connectivity index (χ3n) is 9.02. The van der Waals surface area contributed by atoms with E-state index in [2.05, 4.69) is 30.6 Å². The van der Waals surface area contributed by atoms with Crippen molar-refractivity contribution in [1.29, 1.82) is 0 Å². The quantitative estimate of drug-likeness (QED) is 0.128. The van der Waals surface area contributed by atoms with E-state index in [1.807, 2.05) is 19.9 Å². The summed E-state index contributed by atoms with van der Waals surface area (Å²) in [4.78, 5) is 60.2. The van der Waals surface area contributed by atoms with Crippen LogP contribution in [0.15, 0.2) is 58.4 Å². The average Bonchev–Trinajstić information content (AvgIpc) is 3.67. The van der Waals surface area contributed by atoms with Crippen LogP contribution >= 0.6 is 11.6 Å². The number of carbonyl (C=O) groups excluding carboxylic acids is 3. The maximum atomic E-state index is 13.0. The number of rotatable bonds is 15. The average molecular weight is 765 g/mol. The van der Waals surface area contributed by atoms with E-state index in [4.69, 9.17) is 21.1 Å². The third-order valence-corrected chi connectivity index (χ3v) is 10.4. The lowest BCUT2D eigenvalue weighted by Gasteiger charge is -2.28. The van der Waals surface area contributed by atoms with Gasteiger partial charge in [-0.15, -0.1) is 0 Å². The van der Waals surface area contributed by atoms with Gasteiger partial charge < -0.3 is 20.1 Å². The van der Waals surface area contributed by atoms with Gasteiger partial charge in [0.2, 0.25) is 11.9 Å². The Bertz CT molecular complexity index is 2110. The van der Waals surface area contributed by atoms with Crippen LogP contribution < -0.4 is 35.9 Å². The molecule has 53 heavy (non-hydrogen) atoms. The van der Waals surface area contributed by atoms with Gasteiger partial charge in [0, 0.05) is 55.4 Å². The molecule has 15 nitrogen and oxygen atoms in total. The molecule has 2 aliphatic rings. The van der Waals surface area contributed by atoms with E-state index < -0.39 is 17.0 Å². The number of aryl methyl sites for hydroxylation is 2. The van der Waals surface area contributed by atoms with Gasteiger partial charge in [0.1, 0.15) is 27.4 Å². The van der Waals surface area contributed by atoms with Crippen LogP contribution in [0.1, 0.15) is 49.3 Å². The van der Waals surface area contributed by atoms with Crippen molar-refractivity contribution < 1.29 is 28.1 Å². The second-order valence-electron chi connectivity index (χ2n) is 12.8. The lowest BCUT2D eigenvalue weighted by Crippen LogP contribution is -2.49. The van der Waals surface area contributed by atoms with Crippen molar-refractivity contribution in [3.05, 3.63) is 75.2 Å². The molecule has 4 N–H and O–H groups in total. The maximum Gasteiger partial charge on any atom is 0.328 e. The van der Waals surface area contributed by atoms with Gasteiger partial charge in [0.15, 0.2) is 6.61 Å². The Hall–Kier alpha value is -4.90. The van der Waals surface area contributed by atoms with Crippen molar-refractivity contribution in [2.24, 2.45) is 0 Å². The second kappa shape index (κ2) is 17.3. The molecule has 280 valence electrons. The molecule has 1 saturated carbocycles. The summed E-state index contributed by atoms with van der Waals surface area (Å²) in [5, 5.41) is 9.10. The van der Waals surface area contributed by atoms with Crippen molar-refractivity contribution in [2.45, 2.75) is 56.9 Å². The van der Waals surface area contributed by atoms with Crippen molar-refractivity contribution in [3.8, 4) is 5.75 Å². The summed E-state index contributed by atoms with van der Waals surface area (Å²) in [6, 6.07) is 11.7. The van der Waals surface area contributed by atoms with E-state index in [0.717, 1.165) is 42.5 Å². The zero-order valence-corrected chi connectivity index (χ0v) is 31.0. The minimum Gasteiger partial charge on any atom is -0.484 e. The number of imide groups is 1. The third kappa shape index (κ3) is 9.37. The highest BCUT2D eigenvalue weighted by Crippen LogP contribution is 2.32. The lowest BCUT2D eigenvalue weighted by molar-refractivity contribution is -0.123. The van der Waals surface area contributed by atoms with Gasteiger partial charge in [0.05, 0.1) is 23.8 Å². The fourth-order valence-corrected chi connectivity index (χ4v) is 7.40. The van der Waals surface area contributed by atoms with Crippen LogP contribution in [0.4, 0.5) is 22.1 Å². The molecule has 4 amide bonds. The van der Waals surface area contributed by atoms with Crippen LogP contribution in [0, 0.1) is 13.8 Å². The normalized spacial score (nSPS) is 15.4. The molecule has 1 atom stereocenters. The Morgan fingerprint density at radius 2 is 1.83 bits per heavy atom. The number of halogens is 1. The first-order chi connectivity index (χ1) is 25.6. The lowest BCUT2D eigenvalue weighted by atomic mass is 10.1. The zero-order valence-electron chi connectivity index (χ0n) is 29.4. The van der Waals surface area contributed by atoms with Gasteiger partial charge >= 0.3 is 6.03 Å². The second-order valence-corrected chi connectivity index (χ2v) is 14.5. The van der Waals surface area contributed by atoms with Gasteiger partial charge in [-0.3, -0.25) is 29.2 Å². The van der Waals surface area contributed by atoms with Crippen molar-refractivity contribution >= 4 is 68.8 Å². The molecule has 0 radical (unpaired) electrons. The predicted octanol–water partition coefficient (Wildman–Crippen LogP) is 4.19. The maximum absolute atomic E-state index is 13.0. The Morgan fingerprint density at radius 3 is 2.60 bits per heavy atom. The highest BCUT2D eigenvalue weighted by Gasteiger charge is 2.26. The standard InChI is InChI=1S/C36H41ClN8O7S/c1-22-7-8-26(19-30(22)44-14-11-31(46)42-36(44)49)52-21-32(47)38-12-15-51-16-13-40-53(50)27-9-10-29(23(2)17-27)41-35-39-20-24-18-28(37)34(48)45(33(24)43-35)25-5-3-4-6-25/h7-10,17-20,25,40H,3-6,11-16,21H2,1-2H3,(H,38,47)(H,39,41,43)(H,42,46,49). The van der Waals surface area contributed by atoms with E-state index in [1.165, 1.54) is 4.90 Å². The van der Waals surface area contributed by atoms with Crippen LogP contribution in [-0.4, -0.2) is 76.0 Å². The minimum absolute atomic E-state index is 0.0570. The monoisotopic (exact) mass is 764 g/mol. The first-order valence-electron chi connectivity index (χ1n) is 17.4. The fourth-order valence-electron chi connectivity index (χ4n) is 6.28. The van der Waals surface area contributed by atoms with E-state index in [1.54, 1.807) is 47.2 Å². The molecule has 3 heterocycles. The van der Waals surface area contributed by atoms with Crippen molar-refractivity contribution in [2.75, 3.05) is 49.7 Å². The number of carbonyl (C=O) groups is 3. The van der Waals surface area contributed by atoms with Crippen LogP contribution in [0.5, 0.6) is 5.75 Å². The first kappa shape index (κ1) is 37.8. The molecular formula is C36H41ClN8O7S. The predicted molar refractivity (Wildman–Crippen MR) is 201 cm³/mol. The molecule has 1 saturated heterocycles. The first-order valence-corrected chi connectivity index (χ1v) is 18.9. The summed E-state index contributed by atoms with van der Waals surface area (Å²) in [6.07, 6.45) is 5.78. The van der Waals surface area contributed by atoms with Crippen molar-refractivity contribution in [1.82, 2.24) is 29.9 Å². The highest BCUT2D eigenvalue weighted by atomic mass is 35.5. The Kier molecular flexibility index (Phi) is 12.3. The van der Waals surface area contributed by atoms with Gasteiger partial charge in [0.25, 0.3) is 11.5 Å². The largest absolute Gasteiger partial charge is 0.484 e. The Labute approximate surface area is 313 Å². The van der Waals surface area contributed by atoms with Gasteiger partial charge in [-0.2, -0.15) is 4.98 Å². The topological polar surface area (TPSA) is 186 Å². The minimum atomic E-state index is -1.49. The number of nitrogens with one attached hydrogen (secondary N) is 4. The highest BCUT2D eigenvalue weighted by molar-refractivity contribution is 7.83. The molecule has 6 rings (SSSR count). The SMILES string of the molecule is Cc1cc(S(=O)NCCOCCNC(=O)COc2ccc(C)c(N3CCC(=O)NC3=O)c2)ccc1Nc1ncc2cc(Cl)c(=O)n(C3CCCC3)c2n1. The molecule has 17 heteroatoms. The number of urea groups is 1. The number of pyridine rings is 1.